The van der Waals surface area contributed by atoms with Gasteiger partial charge in [-0.05, 0) is 41.5 Å². The smallest absolute Gasteiger partial charge is 0.315 e. The lowest BCUT2D eigenvalue weighted by molar-refractivity contribution is 0.237. The third kappa shape index (κ3) is 4.09. The van der Waals surface area contributed by atoms with Gasteiger partial charge in [-0.25, -0.2) is 4.79 Å². The Morgan fingerprint density at radius 3 is 2.72 bits per heavy atom. The normalized spacial score (nSPS) is 12.0. The second kappa shape index (κ2) is 7.25. The van der Waals surface area contributed by atoms with Crippen LogP contribution in [0.15, 0.2) is 48.8 Å². The number of carbonyl (C=O) groups excluding carboxylic acids is 1. The fourth-order valence-corrected chi connectivity index (χ4v) is 2.69. The van der Waals surface area contributed by atoms with Crippen LogP contribution in [-0.4, -0.2) is 22.9 Å². The second-order valence-electron chi connectivity index (χ2n) is 6.04. The zero-order valence-corrected chi connectivity index (χ0v) is 14.6. The average molecular weight is 338 g/mol. The number of ether oxygens (including phenoxy) is 1. The Hall–Kier alpha value is -3.02. The van der Waals surface area contributed by atoms with Crippen molar-refractivity contribution in [2.45, 2.75) is 19.5 Å². The predicted molar refractivity (Wildman–Crippen MR) is 97.5 cm³/mol. The molecule has 2 aromatic carbocycles. The summed E-state index contributed by atoms with van der Waals surface area (Å²) in [4.78, 5) is 12.1. The summed E-state index contributed by atoms with van der Waals surface area (Å²) in [6, 6.07) is 11.7. The summed E-state index contributed by atoms with van der Waals surface area (Å²) in [6.07, 6.45) is 3.64. The van der Waals surface area contributed by atoms with Crippen molar-refractivity contribution in [2.24, 2.45) is 7.05 Å². The first-order valence-corrected chi connectivity index (χ1v) is 8.15. The molecular weight excluding hydrogens is 316 g/mol. The molecule has 3 aromatic rings. The highest BCUT2D eigenvalue weighted by Crippen LogP contribution is 2.21. The molecule has 0 saturated heterocycles. The molecule has 0 radical (unpaired) electrons. The van der Waals surface area contributed by atoms with Crippen LogP contribution < -0.4 is 15.4 Å². The number of nitrogens with one attached hydrogen (secondary N) is 2. The van der Waals surface area contributed by atoms with Crippen LogP contribution >= 0.6 is 0 Å². The predicted octanol–water partition coefficient (Wildman–Crippen LogP) is 3.14. The quantitative estimate of drug-likeness (QED) is 0.751. The summed E-state index contributed by atoms with van der Waals surface area (Å²) in [5.74, 6) is 0.835. The number of fused-ring (bicyclic) bond motifs is 1. The van der Waals surface area contributed by atoms with Gasteiger partial charge in [0, 0.05) is 25.4 Å². The first-order chi connectivity index (χ1) is 12.0. The van der Waals surface area contributed by atoms with Crippen LogP contribution in [0.1, 0.15) is 24.1 Å². The molecule has 1 heterocycles. The summed E-state index contributed by atoms with van der Waals surface area (Å²) in [6.45, 7) is 2.40. The average Bonchev–Trinajstić information content (AvgIpc) is 3.06. The lowest BCUT2D eigenvalue weighted by Gasteiger charge is -2.13. The van der Waals surface area contributed by atoms with Gasteiger partial charge < -0.3 is 15.4 Å². The van der Waals surface area contributed by atoms with Crippen molar-refractivity contribution in [3.8, 4) is 5.75 Å². The van der Waals surface area contributed by atoms with E-state index in [9.17, 15) is 4.79 Å². The van der Waals surface area contributed by atoms with Crippen LogP contribution in [0.4, 0.5) is 4.79 Å². The van der Waals surface area contributed by atoms with Crippen molar-refractivity contribution in [1.82, 2.24) is 20.4 Å². The van der Waals surface area contributed by atoms with Gasteiger partial charge in [-0.2, -0.15) is 5.10 Å². The molecule has 25 heavy (non-hydrogen) atoms. The summed E-state index contributed by atoms with van der Waals surface area (Å²) >= 11 is 0. The Balaban J connectivity index is 1.59. The van der Waals surface area contributed by atoms with Crippen molar-refractivity contribution >= 4 is 16.8 Å². The first-order valence-electron chi connectivity index (χ1n) is 8.15. The van der Waals surface area contributed by atoms with Gasteiger partial charge in [0.15, 0.2) is 0 Å². The van der Waals surface area contributed by atoms with E-state index in [2.05, 4.69) is 21.8 Å². The highest BCUT2D eigenvalue weighted by Gasteiger charge is 2.10. The van der Waals surface area contributed by atoms with Gasteiger partial charge >= 0.3 is 6.03 Å². The van der Waals surface area contributed by atoms with Gasteiger partial charge in [-0.15, -0.1) is 0 Å². The van der Waals surface area contributed by atoms with Crippen LogP contribution in [-0.2, 0) is 13.6 Å². The van der Waals surface area contributed by atoms with Crippen molar-refractivity contribution < 1.29 is 9.53 Å². The summed E-state index contributed by atoms with van der Waals surface area (Å²) in [5.41, 5.74) is 2.01. The standard InChI is InChI=1S/C19H22N4O2/c1-13(17-11-21-23(2)12-17)22-19(24)20-10-14-4-5-16-9-18(25-3)7-6-15(16)8-14/h4-9,11-13H,10H2,1-3H3,(H2,20,22,24). The fourth-order valence-electron chi connectivity index (χ4n) is 2.69. The molecule has 0 aliphatic carbocycles. The van der Waals surface area contributed by atoms with E-state index in [-0.39, 0.29) is 12.1 Å². The van der Waals surface area contributed by atoms with E-state index in [0.29, 0.717) is 6.54 Å². The second-order valence-corrected chi connectivity index (χ2v) is 6.04. The minimum Gasteiger partial charge on any atom is -0.497 e. The van der Waals surface area contributed by atoms with Crippen molar-refractivity contribution in [3.05, 3.63) is 59.9 Å². The molecule has 130 valence electrons. The van der Waals surface area contributed by atoms with E-state index in [4.69, 9.17) is 4.74 Å². The molecule has 1 atom stereocenters. The first kappa shape index (κ1) is 16.8. The molecule has 6 nitrogen and oxygen atoms in total. The van der Waals surface area contributed by atoms with Crippen LogP contribution in [0.25, 0.3) is 10.8 Å². The Morgan fingerprint density at radius 1 is 1.24 bits per heavy atom. The highest BCUT2D eigenvalue weighted by atomic mass is 16.5. The monoisotopic (exact) mass is 338 g/mol. The molecule has 1 aromatic heterocycles. The van der Waals surface area contributed by atoms with E-state index in [1.165, 1.54) is 0 Å². The van der Waals surface area contributed by atoms with Gasteiger partial charge in [0.1, 0.15) is 5.75 Å². The number of aromatic nitrogens is 2. The number of aryl methyl sites for hydroxylation is 1. The van der Waals surface area contributed by atoms with Crippen LogP contribution in [0.3, 0.4) is 0 Å². The SMILES string of the molecule is COc1ccc2cc(CNC(=O)NC(C)c3cnn(C)c3)ccc2c1. The molecule has 6 heteroatoms. The van der Waals surface area contributed by atoms with E-state index in [1.54, 1.807) is 18.0 Å². The number of hydrogen-bond donors (Lipinski definition) is 2. The number of methoxy groups -OCH3 is 1. The Labute approximate surface area is 146 Å². The van der Waals surface area contributed by atoms with Gasteiger partial charge in [-0.3, -0.25) is 4.68 Å². The number of carbonyl (C=O) groups is 1. The number of urea groups is 1. The zero-order chi connectivity index (χ0) is 17.8. The number of hydrogen-bond acceptors (Lipinski definition) is 3. The van der Waals surface area contributed by atoms with Gasteiger partial charge in [0.25, 0.3) is 0 Å². The molecule has 0 aliphatic rings. The Kier molecular flexibility index (Phi) is 4.88. The molecular formula is C19H22N4O2. The lowest BCUT2D eigenvalue weighted by Crippen LogP contribution is -2.36. The number of rotatable bonds is 5. The van der Waals surface area contributed by atoms with E-state index in [1.807, 2.05) is 50.5 Å². The zero-order valence-electron chi connectivity index (χ0n) is 14.6. The third-order valence-corrected chi connectivity index (χ3v) is 4.14. The van der Waals surface area contributed by atoms with E-state index < -0.39 is 0 Å². The summed E-state index contributed by atoms with van der Waals surface area (Å²) in [7, 11) is 3.51. The maximum Gasteiger partial charge on any atom is 0.315 e. The van der Waals surface area contributed by atoms with Crippen molar-refractivity contribution in [3.63, 3.8) is 0 Å². The summed E-state index contributed by atoms with van der Waals surface area (Å²) < 4.78 is 6.95. The van der Waals surface area contributed by atoms with Gasteiger partial charge in [0.05, 0.1) is 19.3 Å². The van der Waals surface area contributed by atoms with E-state index in [0.717, 1.165) is 27.6 Å². The lowest BCUT2D eigenvalue weighted by atomic mass is 10.1. The minimum atomic E-state index is -0.203. The van der Waals surface area contributed by atoms with Crippen LogP contribution in [0.5, 0.6) is 5.75 Å². The molecule has 0 saturated carbocycles. The largest absolute Gasteiger partial charge is 0.497 e. The molecule has 0 spiro atoms. The fraction of sp³-hybridized carbons (Fsp3) is 0.263. The highest BCUT2D eigenvalue weighted by molar-refractivity contribution is 5.84. The van der Waals surface area contributed by atoms with Crippen molar-refractivity contribution in [1.29, 1.82) is 0 Å². The van der Waals surface area contributed by atoms with Crippen LogP contribution in [0.2, 0.25) is 0 Å². The third-order valence-electron chi connectivity index (χ3n) is 4.14. The summed E-state index contributed by atoms with van der Waals surface area (Å²) in [5, 5.41) is 12.1. The molecule has 3 rings (SSSR count). The number of nitrogens with zero attached hydrogens (tertiary/aromatic N) is 2. The molecule has 0 aliphatic heterocycles. The Morgan fingerprint density at radius 2 is 2.00 bits per heavy atom. The number of benzene rings is 2. The van der Waals surface area contributed by atoms with Gasteiger partial charge in [0.2, 0.25) is 0 Å². The Bertz CT molecular complexity index is 888. The van der Waals surface area contributed by atoms with E-state index >= 15 is 0 Å². The molecule has 2 N–H and O–H groups in total. The maximum absolute atomic E-state index is 12.1. The molecule has 1 unspecified atom stereocenters. The molecule has 0 fully saturated rings. The topological polar surface area (TPSA) is 68.2 Å². The minimum absolute atomic E-state index is 0.0993. The van der Waals surface area contributed by atoms with Crippen LogP contribution in [0, 0.1) is 0 Å². The molecule has 2 amide bonds. The van der Waals surface area contributed by atoms with Crippen molar-refractivity contribution in [2.75, 3.05) is 7.11 Å². The maximum atomic E-state index is 12.1. The number of amides is 2. The molecule has 0 bridgehead atoms. The van der Waals surface area contributed by atoms with Gasteiger partial charge in [-0.1, -0.05) is 18.2 Å².